The SMILES string of the molecule is Cc1ccc(COc2cc(C)nc(-c3ccc(C)cc3)n2)cc1. The van der Waals surface area contributed by atoms with Crippen LogP contribution in [0.3, 0.4) is 0 Å². The summed E-state index contributed by atoms with van der Waals surface area (Å²) in [6.45, 7) is 6.60. The average molecular weight is 304 g/mol. The lowest BCUT2D eigenvalue weighted by Gasteiger charge is -2.09. The molecule has 1 heterocycles. The molecule has 0 N–H and O–H groups in total. The van der Waals surface area contributed by atoms with E-state index in [0.717, 1.165) is 16.8 Å². The number of nitrogens with zero attached hydrogens (tertiary/aromatic N) is 2. The van der Waals surface area contributed by atoms with Gasteiger partial charge in [-0.25, -0.2) is 4.98 Å². The van der Waals surface area contributed by atoms with Crippen molar-refractivity contribution < 1.29 is 4.74 Å². The summed E-state index contributed by atoms with van der Waals surface area (Å²) < 4.78 is 5.85. The third-order valence-corrected chi connectivity index (χ3v) is 3.65. The van der Waals surface area contributed by atoms with E-state index in [-0.39, 0.29) is 0 Å². The molecule has 23 heavy (non-hydrogen) atoms. The van der Waals surface area contributed by atoms with Crippen LogP contribution in [0.1, 0.15) is 22.4 Å². The largest absolute Gasteiger partial charge is 0.473 e. The third kappa shape index (κ3) is 3.95. The maximum Gasteiger partial charge on any atom is 0.217 e. The second kappa shape index (κ2) is 6.61. The van der Waals surface area contributed by atoms with Gasteiger partial charge in [-0.05, 0) is 26.3 Å². The molecule has 0 amide bonds. The number of rotatable bonds is 4. The molecule has 3 aromatic rings. The van der Waals surface area contributed by atoms with E-state index in [0.29, 0.717) is 18.3 Å². The van der Waals surface area contributed by atoms with Crippen LogP contribution in [-0.2, 0) is 6.61 Å². The lowest BCUT2D eigenvalue weighted by Crippen LogP contribution is -2.00. The van der Waals surface area contributed by atoms with Gasteiger partial charge in [0.1, 0.15) is 6.61 Å². The molecule has 3 rings (SSSR count). The van der Waals surface area contributed by atoms with Crippen LogP contribution < -0.4 is 4.74 Å². The highest BCUT2D eigenvalue weighted by molar-refractivity contribution is 5.56. The van der Waals surface area contributed by atoms with Crippen LogP contribution >= 0.6 is 0 Å². The minimum Gasteiger partial charge on any atom is -0.473 e. The van der Waals surface area contributed by atoms with Crippen molar-refractivity contribution in [3.8, 4) is 17.3 Å². The van der Waals surface area contributed by atoms with Crippen LogP contribution in [0.5, 0.6) is 5.88 Å². The molecule has 2 aromatic carbocycles. The molecular formula is C20H20N2O. The number of hydrogen-bond donors (Lipinski definition) is 0. The van der Waals surface area contributed by atoms with Crippen molar-refractivity contribution in [1.29, 1.82) is 0 Å². The highest BCUT2D eigenvalue weighted by Gasteiger charge is 2.06. The van der Waals surface area contributed by atoms with E-state index in [1.54, 1.807) is 0 Å². The molecule has 0 radical (unpaired) electrons. The van der Waals surface area contributed by atoms with E-state index < -0.39 is 0 Å². The van der Waals surface area contributed by atoms with Crippen molar-refractivity contribution in [3.05, 3.63) is 77.0 Å². The fourth-order valence-electron chi connectivity index (χ4n) is 2.29. The number of hydrogen-bond acceptors (Lipinski definition) is 3. The van der Waals surface area contributed by atoms with Crippen LogP contribution in [-0.4, -0.2) is 9.97 Å². The first-order valence-electron chi connectivity index (χ1n) is 7.71. The van der Waals surface area contributed by atoms with Gasteiger partial charge in [-0.15, -0.1) is 0 Å². The molecule has 3 nitrogen and oxygen atoms in total. The van der Waals surface area contributed by atoms with Gasteiger partial charge in [-0.1, -0.05) is 59.7 Å². The Balaban J connectivity index is 1.80. The molecular weight excluding hydrogens is 284 g/mol. The predicted molar refractivity (Wildman–Crippen MR) is 92.5 cm³/mol. The standard InChI is InChI=1S/C20H20N2O/c1-14-4-8-17(9-5-14)13-23-19-12-16(3)21-20(22-19)18-10-6-15(2)7-11-18/h4-12H,13H2,1-3H3. The maximum absolute atomic E-state index is 5.85. The van der Waals surface area contributed by atoms with Gasteiger partial charge in [-0.2, -0.15) is 4.98 Å². The van der Waals surface area contributed by atoms with Crippen molar-refractivity contribution in [2.24, 2.45) is 0 Å². The van der Waals surface area contributed by atoms with E-state index in [1.165, 1.54) is 11.1 Å². The molecule has 0 fully saturated rings. The van der Waals surface area contributed by atoms with Gasteiger partial charge >= 0.3 is 0 Å². The minimum atomic E-state index is 0.504. The fraction of sp³-hybridized carbons (Fsp3) is 0.200. The van der Waals surface area contributed by atoms with Gasteiger partial charge in [0.25, 0.3) is 0 Å². The summed E-state index contributed by atoms with van der Waals surface area (Å²) in [5.74, 6) is 1.30. The average Bonchev–Trinajstić information content (AvgIpc) is 2.54. The van der Waals surface area contributed by atoms with Crippen LogP contribution in [0.2, 0.25) is 0 Å². The van der Waals surface area contributed by atoms with Gasteiger partial charge in [0.2, 0.25) is 5.88 Å². The molecule has 116 valence electrons. The molecule has 0 atom stereocenters. The van der Waals surface area contributed by atoms with Gasteiger partial charge in [-0.3, -0.25) is 0 Å². The Morgan fingerprint density at radius 1 is 0.783 bits per heavy atom. The van der Waals surface area contributed by atoms with E-state index in [4.69, 9.17) is 4.74 Å². The molecule has 0 aliphatic carbocycles. The van der Waals surface area contributed by atoms with E-state index in [9.17, 15) is 0 Å². The van der Waals surface area contributed by atoms with Crippen LogP contribution in [0.4, 0.5) is 0 Å². The van der Waals surface area contributed by atoms with Crippen molar-refractivity contribution in [3.63, 3.8) is 0 Å². The smallest absolute Gasteiger partial charge is 0.217 e. The van der Waals surface area contributed by atoms with Crippen molar-refractivity contribution in [1.82, 2.24) is 9.97 Å². The number of aryl methyl sites for hydroxylation is 3. The van der Waals surface area contributed by atoms with E-state index in [2.05, 4.69) is 60.2 Å². The summed E-state index contributed by atoms with van der Waals surface area (Å²) >= 11 is 0. The number of ether oxygens (including phenoxy) is 1. The number of aromatic nitrogens is 2. The van der Waals surface area contributed by atoms with E-state index in [1.807, 2.05) is 25.1 Å². The molecule has 0 unspecified atom stereocenters. The Morgan fingerprint density at radius 2 is 1.39 bits per heavy atom. The molecule has 1 aromatic heterocycles. The quantitative estimate of drug-likeness (QED) is 0.704. The maximum atomic E-state index is 5.85. The Bertz CT molecular complexity index is 793. The Kier molecular flexibility index (Phi) is 4.38. The van der Waals surface area contributed by atoms with Gasteiger partial charge in [0, 0.05) is 17.3 Å². The molecule has 0 saturated heterocycles. The zero-order valence-electron chi connectivity index (χ0n) is 13.7. The van der Waals surface area contributed by atoms with Crippen molar-refractivity contribution >= 4 is 0 Å². The molecule has 0 aliphatic rings. The van der Waals surface area contributed by atoms with Crippen LogP contribution in [0.25, 0.3) is 11.4 Å². The third-order valence-electron chi connectivity index (χ3n) is 3.65. The summed E-state index contributed by atoms with van der Waals surface area (Å²) in [6, 6.07) is 18.4. The second-order valence-electron chi connectivity index (χ2n) is 5.81. The fourth-order valence-corrected chi connectivity index (χ4v) is 2.29. The van der Waals surface area contributed by atoms with Crippen LogP contribution in [0.15, 0.2) is 54.6 Å². The van der Waals surface area contributed by atoms with E-state index >= 15 is 0 Å². The summed E-state index contributed by atoms with van der Waals surface area (Å²) in [5.41, 5.74) is 5.49. The number of benzene rings is 2. The first kappa shape index (κ1) is 15.2. The highest BCUT2D eigenvalue weighted by atomic mass is 16.5. The minimum absolute atomic E-state index is 0.504. The highest BCUT2D eigenvalue weighted by Crippen LogP contribution is 2.20. The van der Waals surface area contributed by atoms with Crippen LogP contribution in [0, 0.1) is 20.8 Å². The predicted octanol–water partition coefficient (Wildman–Crippen LogP) is 4.65. The van der Waals surface area contributed by atoms with Gasteiger partial charge in [0.05, 0.1) is 0 Å². The Morgan fingerprint density at radius 3 is 2.04 bits per heavy atom. The van der Waals surface area contributed by atoms with Crippen molar-refractivity contribution in [2.75, 3.05) is 0 Å². The zero-order chi connectivity index (χ0) is 16.2. The second-order valence-corrected chi connectivity index (χ2v) is 5.81. The van der Waals surface area contributed by atoms with Gasteiger partial charge < -0.3 is 4.74 Å². The summed E-state index contributed by atoms with van der Waals surface area (Å²) in [7, 11) is 0. The summed E-state index contributed by atoms with van der Waals surface area (Å²) in [5, 5.41) is 0. The normalized spacial score (nSPS) is 10.6. The topological polar surface area (TPSA) is 35.0 Å². The first-order chi connectivity index (χ1) is 11.1. The molecule has 0 saturated carbocycles. The molecule has 0 bridgehead atoms. The molecule has 3 heteroatoms. The monoisotopic (exact) mass is 304 g/mol. The zero-order valence-corrected chi connectivity index (χ0v) is 13.7. The summed E-state index contributed by atoms with van der Waals surface area (Å²) in [6.07, 6.45) is 0. The molecule has 0 aliphatic heterocycles. The Hall–Kier alpha value is -2.68. The molecule has 0 spiro atoms. The van der Waals surface area contributed by atoms with Crippen molar-refractivity contribution in [2.45, 2.75) is 27.4 Å². The Labute approximate surface area is 137 Å². The van der Waals surface area contributed by atoms with Gasteiger partial charge in [0.15, 0.2) is 5.82 Å². The summed E-state index contributed by atoms with van der Waals surface area (Å²) in [4.78, 5) is 9.04. The lowest BCUT2D eigenvalue weighted by atomic mass is 10.1. The first-order valence-corrected chi connectivity index (χ1v) is 7.71. The lowest BCUT2D eigenvalue weighted by molar-refractivity contribution is 0.293.